The number of rotatable bonds is 6. The first kappa shape index (κ1) is 23.9. The van der Waals surface area contributed by atoms with Gasteiger partial charge < -0.3 is 25.4 Å². The Hall–Kier alpha value is -3.50. The zero-order chi connectivity index (χ0) is 25.4. The summed E-state index contributed by atoms with van der Waals surface area (Å²) in [6.07, 6.45) is 11.7. The lowest BCUT2D eigenvalue weighted by atomic mass is 9.97. The lowest BCUT2D eigenvalue weighted by molar-refractivity contribution is 0.0918. The summed E-state index contributed by atoms with van der Waals surface area (Å²) in [5.74, 6) is 1.24. The zero-order valence-corrected chi connectivity index (χ0v) is 21.6. The fourth-order valence-corrected chi connectivity index (χ4v) is 5.47. The summed E-state index contributed by atoms with van der Waals surface area (Å²) in [5.41, 5.74) is 4.17. The number of aromatic amines is 1. The largest absolute Gasteiger partial charge is 0.354 e. The van der Waals surface area contributed by atoms with Crippen LogP contribution < -0.4 is 10.6 Å². The predicted octanol–water partition coefficient (Wildman–Crippen LogP) is 2.85. The van der Waals surface area contributed by atoms with Gasteiger partial charge in [0, 0.05) is 42.1 Å². The molecule has 2 saturated heterocycles. The first-order valence-electron chi connectivity index (χ1n) is 13.3. The normalized spacial score (nSPS) is 18.5. The van der Waals surface area contributed by atoms with Crippen molar-refractivity contribution in [3.63, 3.8) is 0 Å². The number of aromatic nitrogens is 5. The lowest BCUT2D eigenvalue weighted by Gasteiger charge is -2.29. The maximum Gasteiger partial charge on any atom is 0.255 e. The fourth-order valence-electron chi connectivity index (χ4n) is 5.47. The van der Waals surface area contributed by atoms with Gasteiger partial charge in [-0.3, -0.25) is 4.79 Å². The van der Waals surface area contributed by atoms with Crippen molar-refractivity contribution in [3.8, 4) is 11.1 Å². The number of hydrogen-bond donors (Lipinski definition) is 3. The van der Waals surface area contributed by atoms with Gasteiger partial charge in [0.15, 0.2) is 0 Å². The quantitative estimate of drug-likeness (QED) is 0.373. The molecule has 1 amide bonds. The van der Waals surface area contributed by atoms with E-state index in [4.69, 9.17) is 4.98 Å². The molecule has 0 aliphatic carbocycles. The summed E-state index contributed by atoms with van der Waals surface area (Å²) in [6, 6.07) is 4.23. The van der Waals surface area contributed by atoms with Gasteiger partial charge in [-0.05, 0) is 89.6 Å². The zero-order valence-electron chi connectivity index (χ0n) is 21.6. The van der Waals surface area contributed by atoms with Crippen molar-refractivity contribution >= 4 is 28.4 Å². The highest BCUT2D eigenvalue weighted by molar-refractivity contribution is 6.02. The number of carbonyl (C=O) groups excluding carboxylic acids is 1. The molecule has 3 N–H and O–H groups in total. The number of likely N-dealkylation sites (tertiary alicyclic amines) is 2. The third kappa shape index (κ3) is 5.03. The van der Waals surface area contributed by atoms with E-state index in [-0.39, 0.29) is 11.9 Å². The molecule has 4 aromatic heterocycles. The van der Waals surface area contributed by atoms with Crippen LogP contribution in [0.5, 0.6) is 0 Å². The molecule has 2 fully saturated rings. The van der Waals surface area contributed by atoms with E-state index >= 15 is 0 Å². The fraction of sp³-hybridized carbons (Fsp3) is 0.481. The van der Waals surface area contributed by atoms with Crippen molar-refractivity contribution in [2.45, 2.75) is 31.7 Å². The second-order valence-corrected chi connectivity index (χ2v) is 10.6. The van der Waals surface area contributed by atoms with Gasteiger partial charge in [-0.25, -0.2) is 9.50 Å². The van der Waals surface area contributed by atoms with Crippen LogP contribution in [-0.4, -0.2) is 93.1 Å². The molecule has 6 heterocycles. The predicted molar refractivity (Wildman–Crippen MR) is 145 cm³/mol. The average molecular weight is 502 g/mol. The highest BCUT2D eigenvalue weighted by Gasteiger charge is 2.22. The highest BCUT2D eigenvalue weighted by atomic mass is 16.1. The van der Waals surface area contributed by atoms with Gasteiger partial charge in [-0.15, -0.1) is 0 Å². The van der Waals surface area contributed by atoms with Gasteiger partial charge in [0.2, 0.25) is 5.95 Å². The molecule has 194 valence electrons. The van der Waals surface area contributed by atoms with Gasteiger partial charge in [0.1, 0.15) is 5.65 Å². The molecule has 0 atom stereocenters. The summed E-state index contributed by atoms with van der Waals surface area (Å²) in [4.78, 5) is 30.4. The Morgan fingerprint density at radius 3 is 2.62 bits per heavy atom. The minimum absolute atomic E-state index is 0.0655. The standard InChI is InChI=1S/C27H35N9O/c1-34-8-3-18(4-9-34)14-29-27-30-16-22-21(15-28-25(22)33-27)19-5-12-36-24(13-19)23(17-31-36)26(37)32-20-6-10-35(2)11-7-20/h5,12-13,15-18,20H,3-4,6-11,14H2,1-2H3,(H,32,37)(H2,28,29,30,33). The van der Waals surface area contributed by atoms with E-state index in [1.54, 1.807) is 10.7 Å². The number of anilines is 1. The number of amides is 1. The Bertz CT molecular complexity index is 1390. The van der Waals surface area contributed by atoms with E-state index in [2.05, 4.69) is 49.6 Å². The lowest BCUT2D eigenvalue weighted by Crippen LogP contribution is -2.43. The number of fused-ring (bicyclic) bond motifs is 2. The number of carbonyl (C=O) groups is 1. The summed E-state index contributed by atoms with van der Waals surface area (Å²) in [7, 11) is 4.30. The van der Waals surface area contributed by atoms with E-state index in [1.165, 1.54) is 12.8 Å². The Morgan fingerprint density at radius 2 is 1.84 bits per heavy atom. The van der Waals surface area contributed by atoms with Crippen LogP contribution in [0.2, 0.25) is 0 Å². The van der Waals surface area contributed by atoms with Crippen LogP contribution in [0.4, 0.5) is 5.95 Å². The van der Waals surface area contributed by atoms with E-state index in [0.717, 1.165) is 73.2 Å². The van der Waals surface area contributed by atoms with Gasteiger partial charge in [0.05, 0.1) is 17.3 Å². The van der Waals surface area contributed by atoms with Gasteiger partial charge in [0.25, 0.3) is 5.91 Å². The Labute approximate surface area is 216 Å². The summed E-state index contributed by atoms with van der Waals surface area (Å²) in [5, 5.41) is 12.0. The van der Waals surface area contributed by atoms with Crippen LogP contribution in [0, 0.1) is 5.92 Å². The Morgan fingerprint density at radius 1 is 1.08 bits per heavy atom. The van der Waals surface area contributed by atoms with Crippen molar-refractivity contribution < 1.29 is 4.79 Å². The van der Waals surface area contributed by atoms with Crippen LogP contribution in [0.25, 0.3) is 27.7 Å². The molecule has 0 aromatic carbocycles. The van der Waals surface area contributed by atoms with Crippen LogP contribution >= 0.6 is 0 Å². The number of nitrogens with one attached hydrogen (secondary N) is 3. The third-order valence-electron chi connectivity index (χ3n) is 7.95. The van der Waals surface area contributed by atoms with E-state index in [1.807, 2.05) is 30.7 Å². The molecular weight excluding hydrogens is 466 g/mol. The number of H-pyrrole nitrogens is 1. The Kier molecular flexibility index (Phi) is 6.52. The van der Waals surface area contributed by atoms with Crippen molar-refractivity contribution in [2.75, 3.05) is 52.1 Å². The molecule has 10 nitrogen and oxygen atoms in total. The van der Waals surface area contributed by atoms with Crippen molar-refractivity contribution in [3.05, 3.63) is 42.5 Å². The molecule has 0 radical (unpaired) electrons. The van der Waals surface area contributed by atoms with Gasteiger partial charge in [-0.1, -0.05) is 0 Å². The van der Waals surface area contributed by atoms with Crippen LogP contribution in [-0.2, 0) is 0 Å². The first-order valence-corrected chi connectivity index (χ1v) is 13.3. The van der Waals surface area contributed by atoms with Crippen LogP contribution in [0.1, 0.15) is 36.0 Å². The first-order chi connectivity index (χ1) is 18.0. The number of pyridine rings is 1. The Balaban J connectivity index is 1.19. The smallest absolute Gasteiger partial charge is 0.255 e. The van der Waals surface area contributed by atoms with Gasteiger partial charge in [-0.2, -0.15) is 10.1 Å². The second-order valence-electron chi connectivity index (χ2n) is 10.6. The molecule has 4 aromatic rings. The van der Waals surface area contributed by atoms with Crippen molar-refractivity contribution in [1.82, 2.24) is 39.7 Å². The van der Waals surface area contributed by atoms with Crippen LogP contribution in [0.3, 0.4) is 0 Å². The highest BCUT2D eigenvalue weighted by Crippen LogP contribution is 2.29. The maximum absolute atomic E-state index is 13.1. The molecule has 0 unspecified atom stereocenters. The van der Waals surface area contributed by atoms with Gasteiger partial charge >= 0.3 is 0 Å². The molecule has 37 heavy (non-hydrogen) atoms. The SMILES string of the molecule is CN1CCC(CNc2ncc3c(-c4ccn5ncc(C(=O)NC6CCN(C)CC6)c5c4)c[nH]c3n2)CC1. The molecule has 2 aliphatic rings. The van der Waals surface area contributed by atoms with Crippen molar-refractivity contribution in [2.24, 2.45) is 5.92 Å². The summed E-state index contributed by atoms with van der Waals surface area (Å²) in [6.45, 7) is 5.20. The molecule has 2 aliphatic heterocycles. The molecule has 10 heteroatoms. The second kappa shape index (κ2) is 10.1. The molecule has 0 spiro atoms. The number of piperidine rings is 2. The topological polar surface area (TPSA) is 106 Å². The monoisotopic (exact) mass is 501 g/mol. The van der Waals surface area contributed by atoms with E-state index in [0.29, 0.717) is 17.4 Å². The van der Waals surface area contributed by atoms with E-state index in [9.17, 15) is 4.79 Å². The maximum atomic E-state index is 13.1. The molecular formula is C27H35N9O. The van der Waals surface area contributed by atoms with Crippen LogP contribution in [0.15, 0.2) is 36.9 Å². The molecule has 0 bridgehead atoms. The van der Waals surface area contributed by atoms with Crippen molar-refractivity contribution in [1.29, 1.82) is 0 Å². The third-order valence-corrected chi connectivity index (χ3v) is 7.95. The average Bonchev–Trinajstić information content (AvgIpc) is 3.53. The molecule has 0 saturated carbocycles. The molecule has 6 rings (SSSR count). The summed E-state index contributed by atoms with van der Waals surface area (Å²) < 4.78 is 1.75. The summed E-state index contributed by atoms with van der Waals surface area (Å²) >= 11 is 0. The minimum atomic E-state index is -0.0655. The number of nitrogens with zero attached hydrogens (tertiary/aromatic N) is 6. The minimum Gasteiger partial charge on any atom is -0.354 e. The number of hydrogen-bond acceptors (Lipinski definition) is 7. The van der Waals surface area contributed by atoms with E-state index < -0.39 is 0 Å².